The average molecular weight is 415 g/mol. The second-order valence-corrected chi connectivity index (χ2v) is 6.07. The summed E-state index contributed by atoms with van der Waals surface area (Å²) in [5, 5.41) is 13.8. The van der Waals surface area contributed by atoms with Gasteiger partial charge in [0.25, 0.3) is 11.2 Å². The predicted molar refractivity (Wildman–Crippen MR) is 101 cm³/mol. The summed E-state index contributed by atoms with van der Waals surface area (Å²) in [7, 11) is 0. The van der Waals surface area contributed by atoms with Gasteiger partial charge >= 0.3 is 0 Å². The highest BCUT2D eigenvalue weighted by atomic mass is 79.9. The number of aromatic amines is 1. The summed E-state index contributed by atoms with van der Waals surface area (Å²) in [5.74, 6) is 0. The Bertz CT molecular complexity index is 767. The summed E-state index contributed by atoms with van der Waals surface area (Å²) in [5.41, 5.74) is 0.260. The molecule has 0 bridgehead atoms. The van der Waals surface area contributed by atoms with Gasteiger partial charge in [0, 0.05) is 18.7 Å². The molecule has 0 unspecified atom stereocenters. The Hall–Kier alpha value is -1.71. The lowest BCUT2D eigenvalue weighted by Crippen LogP contribution is -2.32. The number of non-ortho nitro benzene ring substituents is 1. The summed E-state index contributed by atoms with van der Waals surface area (Å²) in [4.78, 5) is 24.6. The van der Waals surface area contributed by atoms with Crippen LogP contribution >= 0.6 is 17.0 Å². The molecule has 138 valence electrons. The zero-order chi connectivity index (χ0) is 16.9. The van der Waals surface area contributed by atoms with Crippen LogP contribution < -0.4 is 5.56 Å². The van der Waals surface area contributed by atoms with E-state index in [0.29, 0.717) is 30.7 Å². The highest BCUT2D eigenvalue weighted by Crippen LogP contribution is 2.17. The van der Waals surface area contributed by atoms with Crippen LogP contribution in [-0.2, 0) is 11.3 Å². The molecule has 0 radical (unpaired) electrons. The number of aromatic nitrogens is 2. The maximum Gasteiger partial charge on any atom is 0.272 e. The van der Waals surface area contributed by atoms with Crippen molar-refractivity contribution in [2.24, 2.45) is 0 Å². The number of benzene rings is 1. The quantitative estimate of drug-likeness (QED) is 0.426. The topological polar surface area (TPSA) is 93.4 Å². The van der Waals surface area contributed by atoms with Crippen molar-refractivity contribution in [3.05, 3.63) is 38.7 Å². The minimum Gasteiger partial charge on any atom is -0.378 e. The van der Waals surface area contributed by atoms with Crippen molar-refractivity contribution < 1.29 is 9.66 Å². The number of hydrogen-bond donors (Lipinski definition) is 1. The van der Waals surface area contributed by atoms with Crippen molar-refractivity contribution in [3.8, 4) is 0 Å². The van der Waals surface area contributed by atoms with Gasteiger partial charge in [0.1, 0.15) is 0 Å². The zero-order valence-electron chi connectivity index (χ0n) is 14.0. The fourth-order valence-electron chi connectivity index (χ4n) is 3.11. The van der Waals surface area contributed by atoms with Crippen LogP contribution in [0.3, 0.4) is 0 Å². The van der Waals surface area contributed by atoms with Crippen LogP contribution in [0.4, 0.5) is 5.69 Å². The monoisotopic (exact) mass is 414 g/mol. The molecule has 1 aromatic carbocycles. The number of H-pyrrole nitrogens is 1. The first kappa shape index (κ1) is 19.6. The third-order valence-corrected chi connectivity index (χ3v) is 4.42. The second-order valence-electron chi connectivity index (χ2n) is 6.07. The van der Waals surface area contributed by atoms with Crippen molar-refractivity contribution >= 4 is 33.6 Å². The smallest absolute Gasteiger partial charge is 0.272 e. The molecule has 8 nitrogen and oxygen atoms in total. The van der Waals surface area contributed by atoms with Gasteiger partial charge in [-0.15, -0.1) is 17.0 Å². The number of nitro groups is 1. The highest BCUT2D eigenvalue weighted by Gasteiger charge is 2.12. The molecule has 0 saturated carbocycles. The number of ether oxygens (including phenoxy) is 1. The van der Waals surface area contributed by atoms with E-state index in [2.05, 4.69) is 10.00 Å². The SMILES string of the molecule is Br.O=c1[nH]n(CCOCCN2CCCCC2)c2ccc([N+](=O)[O-])cc12. The lowest BCUT2D eigenvalue weighted by Gasteiger charge is -2.26. The molecule has 1 N–H and O–H groups in total. The molecule has 9 heteroatoms. The van der Waals surface area contributed by atoms with Gasteiger partial charge in [0.2, 0.25) is 0 Å². The Morgan fingerprint density at radius 3 is 2.60 bits per heavy atom. The van der Waals surface area contributed by atoms with Crippen LogP contribution in [0.1, 0.15) is 19.3 Å². The first-order valence-corrected chi connectivity index (χ1v) is 8.32. The van der Waals surface area contributed by atoms with Crippen LogP contribution in [0, 0.1) is 10.1 Å². The van der Waals surface area contributed by atoms with Gasteiger partial charge in [-0.3, -0.25) is 24.7 Å². The molecule has 2 aromatic rings. The summed E-state index contributed by atoms with van der Waals surface area (Å²) >= 11 is 0. The Balaban J connectivity index is 0.00000225. The second kappa shape index (κ2) is 9.12. The van der Waals surface area contributed by atoms with Gasteiger partial charge in [0.15, 0.2) is 0 Å². The number of rotatable bonds is 7. The average Bonchev–Trinajstić information content (AvgIpc) is 2.91. The lowest BCUT2D eigenvalue weighted by molar-refractivity contribution is -0.384. The largest absolute Gasteiger partial charge is 0.378 e. The molecule has 3 rings (SSSR count). The third kappa shape index (κ3) is 4.90. The molecule has 0 spiro atoms. The Kier molecular flexibility index (Phi) is 7.15. The van der Waals surface area contributed by atoms with Crippen molar-refractivity contribution in [1.29, 1.82) is 0 Å². The van der Waals surface area contributed by atoms with E-state index < -0.39 is 4.92 Å². The molecule has 0 amide bonds. The summed E-state index contributed by atoms with van der Waals surface area (Å²) in [6.07, 6.45) is 3.86. The number of piperidine rings is 1. The van der Waals surface area contributed by atoms with Crippen molar-refractivity contribution in [1.82, 2.24) is 14.7 Å². The van der Waals surface area contributed by atoms with E-state index in [-0.39, 0.29) is 28.2 Å². The normalized spacial score (nSPS) is 15.2. The van der Waals surface area contributed by atoms with E-state index >= 15 is 0 Å². The van der Waals surface area contributed by atoms with Crippen LogP contribution in [0.2, 0.25) is 0 Å². The van der Waals surface area contributed by atoms with Crippen molar-refractivity contribution in [2.75, 3.05) is 32.8 Å². The van der Waals surface area contributed by atoms with E-state index in [4.69, 9.17) is 4.74 Å². The standard InChI is InChI=1S/C16H22N4O4.BrH/c21-16-14-12-13(20(22)23)4-5-15(14)19(17-16)9-11-24-10-8-18-6-2-1-3-7-18;/h4-5,12H,1-3,6-11H2,(H,17,21);1H. The molecule has 1 aliphatic heterocycles. The maximum absolute atomic E-state index is 11.9. The first-order valence-electron chi connectivity index (χ1n) is 8.32. The number of nitrogens with one attached hydrogen (secondary N) is 1. The summed E-state index contributed by atoms with van der Waals surface area (Å²) in [6, 6.07) is 4.31. The molecule has 1 aromatic heterocycles. The van der Waals surface area contributed by atoms with Crippen molar-refractivity contribution in [2.45, 2.75) is 25.8 Å². The molecular weight excluding hydrogens is 392 g/mol. The Morgan fingerprint density at radius 2 is 1.88 bits per heavy atom. The van der Waals surface area contributed by atoms with Gasteiger partial charge < -0.3 is 9.64 Å². The molecule has 1 fully saturated rings. The Labute approximate surface area is 155 Å². The molecule has 1 saturated heterocycles. The van der Waals surface area contributed by atoms with E-state index in [0.717, 1.165) is 19.6 Å². The molecule has 25 heavy (non-hydrogen) atoms. The molecule has 1 aliphatic rings. The third-order valence-electron chi connectivity index (χ3n) is 4.42. The van der Waals surface area contributed by atoms with E-state index in [1.165, 1.54) is 31.4 Å². The van der Waals surface area contributed by atoms with Crippen LogP contribution in [-0.4, -0.2) is 52.5 Å². The maximum atomic E-state index is 11.9. The first-order chi connectivity index (χ1) is 11.6. The van der Waals surface area contributed by atoms with Gasteiger partial charge in [0.05, 0.1) is 35.6 Å². The van der Waals surface area contributed by atoms with Crippen LogP contribution in [0.5, 0.6) is 0 Å². The number of nitro benzene ring substituents is 1. The number of likely N-dealkylation sites (tertiary alicyclic amines) is 1. The van der Waals surface area contributed by atoms with Crippen molar-refractivity contribution in [3.63, 3.8) is 0 Å². The number of hydrogen-bond acceptors (Lipinski definition) is 5. The van der Waals surface area contributed by atoms with E-state index in [9.17, 15) is 14.9 Å². The summed E-state index contributed by atoms with van der Waals surface area (Å²) in [6.45, 7) is 4.92. The van der Waals surface area contributed by atoms with Crippen LogP contribution in [0.25, 0.3) is 10.9 Å². The van der Waals surface area contributed by atoms with E-state index in [1.54, 1.807) is 10.7 Å². The zero-order valence-corrected chi connectivity index (χ0v) is 15.7. The fraction of sp³-hybridized carbons (Fsp3) is 0.562. The number of halogens is 1. The summed E-state index contributed by atoms with van der Waals surface area (Å²) < 4.78 is 7.35. The fourth-order valence-corrected chi connectivity index (χ4v) is 3.11. The van der Waals surface area contributed by atoms with Gasteiger partial charge in [-0.1, -0.05) is 6.42 Å². The van der Waals surface area contributed by atoms with Crippen LogP contribution in [0.15, 0.2) is 23.0 Å². The van der Waals surface area contributed by atoms with E-state index in [1.807, 2.05) is 0 Å². The molecule has 0 aliphatic carbocycles. The predicted octanol–water partition coefficient (Wildman–Crippen LogP) is 2.32. The molecule has 0 atom stereocenters. The minimum absolute atomic E-state index is 0. The highest BCUT2D eigenvalue weighted by molar-refractivity contribution is 8.93. The lowest BCUT2D eigenvalue weighted by atomic mass is 10.1. The van der Waals surface area contributed by atoms with Gasteiger partial charge in [-0.05, 0) is 32.0 Å². The van der Waals surface area contributed by atoms with Gasteiger partial charge in [-0.25, -0.2) is 0 Å². The number of nitrogens with zero attached hydrogens (tertiary/aromatic N) is 3. The minimum atomic E-state index is -0.500. The Morgan fingerprint density at radius 1 is 1.16 bits per heavy atom. The number of fused-ring (bicyclic) bond motifs is 1. The van der Waals surface area contributed by atoms with Gasteiger partial charge in [-0.2, -0.15) is 0 Å². The molecular formula is C16H23BrN4O4. The molecule has 2 heterocycles.